The van der Waals surface area contributed by atoms with E-state index in [1.165, 1.54) is 37.6 Å². The van der Waals surface area contributed by atoms with Crippen LogP contribution >= 0.6 is 11.3 Å². The minimum absolute atomic E-state index is 0.254. The molecule has 9 heteroatoms. The van der Waals surface area contributed by atoms with Crippen LogP contribution in [0.15, 0.2) is 48.9 Å². The maximum Gasteiger partial charge on any atom is 0.177 e. The van der Waals surface area contributed by atoms with Gasteiger partial charge in [-0.1, -0.05) is 12.7 Å². The minimum Gasteiger partial charge on any atom is -0.336 e. The molecule has 1 fully saturated rings. The lowest BCUT2D eigenvalue weighted by molar-refractivity contribution is 0.334. The van der Waals surface area contributed by atoms with Gasteiger partial charge in [-0.25, -0.2) is 4.98 Å². The number of aromatic nitrogens is 6. The molecule has 0 saturated carbocycles. The number of nitrogens with one attached hydrogen (secondary N) is 2. The van der Waals surface area contributed by atoms with E-state index in [-0.39, 0.29) is 5.13 Å². The molecule has 198 valence electrons. The van der Waals surface area contributed by atoms with Gasteiger partial charge in [0.1, 0.15) is 16.9 Å². The monoisotopic (exact) mass is 539 g/mol. The third-order valence-corrected chi connectivity index (χ3v) is 8.10. The number of fused-ring (bicyclic) bond motifs is 1. The number of nitrogens with zero attached hydrogens (tertiary/aromatic N) is 5. The highest BCUT2D eigenvalue weighted by molar-refractivity contribution is 7.13. The predicted octanol–water partition coefficient (Wildman–Crippen LogP) is 4.93. The Hall–Kier alpha value is -3.95. The van der Waals surface area contributed by atoms with E-state index in [4.69, 9.17) is 4.98 Å². The molecule has 2 N–H and O–H groups in total. The fourth-order valence-corrected chi connectivity index (χ4v) is 5.77. The molecule has 0 spiro atoms. The summed E-state index contributed by atoms with van der Waals surface area (Å²) in [5.41, 5.74) is 6.24. The average Bonchev–Trinajstić information content (AvgIpc) is 3.75. The molecule has 0 bridgehead atoms. The summed E-state index contributed by atoms with van der Waals surface area (Å²) in [6.07, 6.45) is 14.5. The van der Waals surface area contributed by atoms with Crippen LogP contribution in [0.4, 0.5) is 4.39 Å². The molecule has 6 heterocycles. The summed E-state index contributed by atoms with van der Waals surface area (Å²) in [5, 5.41) is 8.86. The number of hydrogen-bond acceptors (Lipinski definition) is 6. The van der Waals surface area contributed by atoms with E-state index >= 15 is 0 Å². The first kappa shape index (κ1) is 25.3. The fraction of sp³-hybridized carbons (Fsp3) is 0.267. The molecular weight excluding hydrogens is 509 g/mol. The molecule has 0 radical (unpaired) electrons. The van der Waals surface area contributed by atoms with Gasteiger partial charge in [-0.15, -0.1) is 11.3 Å². The van der Waals surface area contributed by atoms with Crippen molar-refractivity contribution >= 4 is 40.6 Å². The van der Waals surface area contributed by atoms with Gasteiger partial charge >= 0.3 is 0 Å². The number of pyridine rings is 2. The zero-order valence-electron chi connectivity index (χ0n) is 21.9. The van der Waals surface area contributed by atoms with E-state index in [0.717, 1.165) is 62.8 Å². The van der Waals surface area contributed by atoms with Crippen molar-refractivity contribution in [2.24, 2.45) is 0 Å². The highest BCUT2D eigenvalue weighted by Gasteiger charge is 2.15. The Labute approximate surface area is 229 Å². The number of rotatable bonds is 8. The minimum atomic E-state index is -0.254. The van der Waals surface area contributed by atoms with Crippen molar-refractivity contribution in [2.45, 2.75) is 32.6 Å². The number of allylic oxidation sites excluding steroid dienone is 2. The molecule has 5 aromatic rings. The Balaban J connectivity index is 1.22. The molecule has 0 amide bonds. The number of likely N-dealkylation sites (tertiary alicyclic amines) is 1. The van der Waals surface area contributed by atoms with E-state index in [1.807, 2.05) is 24.5 Å². The van der Waals surface area contributed by atoms with Crippen molar-refractivity contribution in [3.8, 4) is 22.1 Å². The molecule has 1 aliphatic rings. The van der Waals surface area contributed by atoms with Crippen LogP contribution in [0.5, 0.6) is 0 Å². The SMILES string of the molecule is C=c1c(-c2nc3c(-c4ccc(F)s4)nccc3[nH]2)n[nH]/c1=C/C=C(\C)c1cncc(CCCN2CCCC2)c1. The molecule has 0 aromatic carbocycles. The van der Waals surface area contributed by atoms with Crippen molar-refractivity contribution in [1.82, 2.24) is 35.0 Å². The standard InChI is InChI=1S/C30H30FN7S/c1-19(22-16-21(17-32-18-22)6-5-15-38-13-3-4-14-38)7-8-23-20(2)27(37-36-23)30-34-24-11-12-33-29(28(24)35-30)25-9-10-26(31)39-25/h7-12,16-18,36H,2-6,13-15H2,1H3,(H,34,35)/b19-7+,23-8+. The van der Waals surface area contributed by atoms with Gasteiger partial charge in [0.25, 0.3) is 0 Å². The highest BCUT2D eigenvalue weighted by atomic mass is 32.1. The van der Waals surface area contributed by atoms with Gasteiger partial charge in [0.2, 0.25) is 0 Å². The number of H-pyrrole nitrogens is 2. The average molecular weight is 540 g/mol. The van der Waals surface area contributed by atoms with Gasteiger partial charge in [0.15, 0.2) is 11.0 Å². The van der Waals surface area contributed by atoms with Crippen molar-refractivity contribution in [3.05, 3.63) is 75.8 Å². The van der Waals surface area contributed by atoms with Crippen molar-refractivity contribution < 1.29 is 4.39 Å². The van der Waals surface area contributed by atoms with Crippen molar-refractivity contribution in [3.63, 3.8) is 0 Å². The molecule has 0 unspecified atom stereocenters. The lowest BCUT2D eigenvalue weighted by atomic mass is 10.0. The summed E-state index contributed by atoms with van der Waals surface area (Å²) in [6, 6.07) is 7.25. The normalized spacial score (nSPS) is 15.1. The first-order valence-corrected chi connectivity index (χ1v) is 14.1. The molecular formula is C30H30FN7S. The van der Waals surface area contributed by atoms with E-state index in [0.29, 0.717) is 22.7 Å². The van der Waals surface area contributed by atoms with Crippen LogP contribution in [0.2, 0.25) is 0 Å². The Kier molecular flexibility index (Phi) is 7.17. The third kappa shape index (κ3) is 5.46. The lowest BCUT2D eigenvalue weighted by Gasteiger charge is -2.14. The molecule has 5 aromatic heterocycles. The lowest BCUT2D eigenvalue weighted by Crippen LogP contribution is -2.21. The van der Waals surface area contributed by atoms with Crippen LogP contribution in [-0.2, 0) is 6.42 Å². The summed E-state index contributed by atoms with van der Waals surface area (Å²) < 4.78 is 13.6. The number of hydrogen-bond donors (Lipinski definition) is 2. The van der Waals surface area contributed by atoms with Crippen molar-refractivity contribution in [1.29, 1.82) is 0 Å². The smallest absolute Gasteiger partial charge is 0.177 e. The van der Waals surface area contributed by atoms with Gasteiger partial charge in [0.05, 0.1) is 15.7 Å². The molecule has 39 heavy (non-hydrogen) atoms. The molecule has 1 aliphatic heterocycles. The topological polar surface area (TPSA) is 86.4 Å². The predicted molar refractivity (Wildman–Crippen MR) is 156 cm³/mol. The number of halogens is 1. The quantitative estimate of drug-likeness (QED) is 0.292. The van der Waals surface area contributed by atoms with Gasteiger partial charge in [-0.05, 0) is 99.3 Å². The largest absolute Gasteiger partial charge is 0.336 e. The summed E-state index contributed by atoms with van der Waals surface area (Å²) >= 11 is 1.05. The molecule has 7 nitrogen and oxygen atoms in total. The first-order chi connectivity index (χ1) is 19.0. The highest BCUT2D eigenvalue weighted by Crippen LogP contribution is 2.31. The van der Waals surface area contributed by atoms with E-state index in [2.05, 4.69) is 55.7 Å². The maximum atomic E-state index is 13.6. The Bertz CT molecular complexity index is 1760. The number of imidazole rings is 1. The summed E-state index contributed by atoms with van der Waals surface area (Å²) in [5.74, 6) is 0.587. The summed E-state index contributed by atoms with van der Waals surface area (Å²) in [7, 11) is 0. The summed E-state index contributed by atoms with van der Waals surface area (Å²) in [6.45, 7) is 9.98. The number of aromatic amines is 2. The number of aryl methyl sites for hydroxylation is 1. The Morgan fingerprint density at radius 1 is 1.18 bits per heavy atom. The maximum absolute atomic E-state index is 13.6. The van der Waals surface area contributed by atoms with Gasteiger partial charge < -0.3 is 9.88 Å². The first-order valence-electron chi connectivity index (χ1n) is 13.2. The second kappa shape index (κ2) is 11.0. The van der Waals surface area contributed by atoms with Crippen LogP contribution in [0.25, 0.3) is 51.4 Å². The second-order valence-corrected chi connectivity index (χ2v) is 11.0. The molecule has 6 rings (SSSR count). The molecule has 1 saturated heterocycles. The fourth-order valence-electron chi connectivity index (χ4n) is 5.04. The number of thiophene rings is 1. The van der Waals surface area contributed by atoms with Crippen LogP contribution in [-0.4, -0.2) is 54.7 Å². The van der Waals surface area contributed by atoms with E-state index < -0.39 is 0 Å². The third-order valence-electron chi connectivity index (χ3n) is 7.22. The zero-order chi connectivity index (χ0) is 26.8. The summed E-state index contributed by atoms with van der Waals surface area (Å²) in [4.78, 5) is 20.3. The molecule has 0 atom stereocenters. The van der Waals surface area contributed by atoms with E-state index in [1.54, 1.807) is 12.3 Å². The van der Waals surface area contributed by atoms with Crippen LogP contribution in [0.3, 0.4) is 0 Å². The van der Waals surface area contributed by atoms with E-state index in [9.17, 15) is 4.39 Å². The van der Waals surface area contributed by atoms with Gasteiger partial charge in [0, 0.05) is 23.8 Å². The van der Waals surface area contributed by atoms with Gasteiger partial charge in [-0.2, -0.15) is 9.49 Å². The van der Waals surface area contributed by atoms with Crippen LogP contribution in [0.1, 0.15) is 37.3 Å². The van der Waals surface area contributed by atoms with Gasteiger partial charge in [-0.3, -0.25) is 15.1 Å². The van der Waals surface area contributed by atoms with Crippen LogP contribution < -0.4 is 10.6 Å². The second-order valence-electron chi connectivity index (χ2n) is 9.96. The molecule has 0 aliphatic carbocycles. The zero-order valence-corrected chi connectivity index (χ0v) is 22.7. The van der Waals surface area contributed by atoms with Crippen molar-refractivity contribution in [2.75, 3.05) is 19.6 Å². The van der Waals surface area contributed by atoms with Crippen LogP contribution in [0, 0.1) is 5.13 Å². The Morgan fingerprint density at radius 3 is 2.87 bits per heavy atom. The Morgan fingerprint density at radius 2 is 2.05 bits per heavy atom.